The van der Waals surface area contributed by atoms with Gasteiger partial charge in [0.1, 0.15) is 11.5 Å². The number of amides is 1. The Labute approximate surface area is 142 Å². The molecule has 4 aliphatic rings. The number of aliphatic carboxylic acids is 1. The van der Waals surface area contributed by atoms with Crippen LogP contribution in [0.1, 0.15) is 27.2 Å². The van der Waals surface area contributed by atoms with Gasteiger partial charge < -0.3 is 14.7 Å². The number of hydrogen-bond donors (Lipinski definition) is 1. The molecule has 1 spiro atoms. The molecule has 1 aliphatic carbocycles. The van der Waals surface area contributed by atoms with Crippen LogP contribution in [0.4, 0.5) is 0 Å². The number of ether oxygens (including phenoxy) is 1. The molecule has 1 amide bonds. The van der Waals surface area contributed by atoms with E-state index in [1.165, 1.54) is 5.57 Å². The summed E-state index contributed by atoms with van der Waals surface area (Å²) in [4.78, 5) is 26.5. The van der Waals surface area contributed by atoms with Crippen LogP contribution in [-0.4, -0.2) is 46.7 Å². The van der Waals surface area contributed by atoms with Gasteiger partial charge in [-0.05, 0) is 31.1 Å². The van der Waals surface area contributed by atoms with Crippen molar-refractivity contribution in [3.05, 3.63) is 23.8 Å². The Morgan fingerprint density at radius 2 is 2.21 bits per heavy atom. The third-order valence-corrected chi connectivity index (χ3v) is 6.49. The second-order valence-electron chi connectivity index (χ2n) is 8.17. The van der Waals surface area contributed by atoms with Crippen molar-refractivity contribution in [2.45, 2.75) is 38.9 Å². The van der Waals surface area contributed by atoms with Gasteiger partial charge >= 0.3 is 5.97 Å². The van der Waals surface area contributed by atoms with Crippen LogP contribution in [-0.2, 0) is 14.3 Å². The van der Waals surface area contributed by atoms with Gasteiger partial charge in [0.25, 0.3) is 0 Å². The molecular weight excluding hydrogens is 306 g/mol. The first kappa shape index (κ1) is 15.9. The number of fused-ring (bicyclic) bond motifs is 1. The number of hydrogen-bond acceptors (Lipinski definition) is 3. The van der Waals surface area contributed by atoms with E-state index < -0.39 is 29.5 Å². The molecule has 2 bridgehead atoms. The van der Waals surface area contributed by atoms with Crippen molar-refractivity contribution in [1.29, 1.82) is 0 Å². The average Bonchev–Trinajstić information content (AvgIpc) is 3.11. The van der Waals surface area contributed by atoms with Gasteiger partial charge in [0, 0.05) is 6.54 Å². The Kier molecular flexibility index (Phi) is 3.43. The maximum Gasteiger partial charge on any atom is 0.310 e. The molecule has 130 valence electrons. The molecule has 0 saturated carbocycles. The fourth-order valence-corrected chi connectivity index (χ4v) is 5.43. The fraction of sp³-hybridized carbons (Fsp3) is 0.684. The lowest BCUT2D eigenvalue weighted by atomic mass is 9.75. The van der Waals surface area contributed by atoms with Gasteiger partial charge in [-0.2, -0.15) is 0 Å². The number of nitrogens with zero attached hydrogens (tertiary/aromatic N) is 1. The molecule has 0 unspecified atom stereocenters. The zero-order chi connectivity index (χ0) is 17.2. The van der Waals surface area contributed by atoms with E-state index in [0.717, 1.165) is 6.42 Å². The summed E-state index contributed by atoms with van der Waals surface area (Å²) >= 11 is 0. The van der Waals surface area contributed by atoms with Crippen molar-refractivity contribution < 1.29 is 19.4 Å². The topological polar surface area (TPSA) is 66.8 Å². The van der Waals surface area contributed by atoms with Crippen LogP contribution in [0.3, 0.4) is 0 Å². The molecule has 1 N–H and O–H groups in total. The lowest BCUT2D eigenvalue weighted by Crippen LogP contribution is -2.41. The van der Waals surface area contributed by atoms with Crippen molar-refractivity contribution in [2.75, 3.05) is 13.1 Å². The van der Waals surface area contributed by atoms with Crippen LogP contribution in [0.5, 0.6) is 0 Å². The Balaban J connectivity index is 1.56. The smallest absolute Gasteiger partial charge is 0.310 e. The van der Waals surface area contributed by atoms with Crippen LogP contribution in [0.2, 0.25) is 0 Å². The summed E-state index contributed by atoms with van der Waals surface area (Å²) in [6, 6.07) is 0. The summed E-state index contributed by atoms with van der Waals surface area (Å²) < 4.78 is 5.95. The minimum atomic E-state index is -0.926. The Hall–Kier alpha value is -1.62. The molecule has 0 aromatic heterocycles. The standard InChI is InChI=1S/C19H25NO4/c1-10-6-11(2)13(12(3)7-10)8-20-9-19-5-4-14(24-19)15(18(22)23)16(19)17(20)21/h4-6,11-16H,7-9H2,1-3H3,(H,22,23)/t11-,12+,13-,14-,15-,16-,19-/m0/s1. The second kappa shape index (κ2) is 5.19. The third kappa shape index (κ3) is 2.10. The van der Waals surface area contributed by atoms with Crippen LogP contribution in [0.15, 0.2) is 23.8 Å². The summed E-state index contributed by atoms with van der Waals surface area (Å²) in [5.74, 6) is -0.893. The first-order valence-corrected chi connectivity index (χ1v) is 8.88. The van der Waals surface area contributed by atoms with Crippen LogP contribution < -0.4 is 0 Å². The molecule has 0 aromatic carbocycles. The van der Waals surface area contributed by atoms with Gasteiger partial charge in [0.15, 0.2) is 0 Å². The molecule has 2 fully saturated rings. The van der Waals surface area contributed by atoms with Crippen molar-refractivity contribution in [2.24, 2.45) is 29.6 Å². The normalized spacial score (nSPS) is 46.4. The van der Waals surface area contributed by atoms with Gasteiger partial charge in [-0.1, -0.05) is 37.6 Å². The summed E-state index contributed by atoms with van der Waals surface area (Å²) in [5.41, 5.74) is 0.711. The molecule has 3 heterocycles. The maximum atomic E-state index is 13.0. The first-order chi connectivity index (χ1) is 11.3. The van der Waals surface area contributed by atoms with Crippen molar-refractivity contribution in [3.63, 3.8) is 0 Å². The number of carboxylic acids is 1. The lowest BCUT2D eigenvalue weighted by molar-refractivity contribution is -0.148. The number of likely N-dealkylation sites (tertiary alicyclic amines) is 1. The van der Waals surface area contributed by atoms with Crippen LogP contribution in [0, 0.1) is 29.6 Å². The van der Waals surface area contributed by atoms with E-state index in [0.29, 0.717) is 30.8 Å². The quantitative estimate of drug-likeness (QED) is 0.804. The van der Waals surface area contributed by atoms with E-state index in [1.54, 1.807) is 0 Å². The van der Waals surface area contributed by atoms with Crippen molar-refractivity contribution >= 4 is 11.9 Å². The molecule has 0 aromatic rings. The summed E-state index contributed by atoms with van der Waals surface area (Å²) in [7, 11) is 0. The minimum Gasteiger partial charge on any atom is -0.481 e. The number of allylic oxidation sites excluding steroid dienone is 2. The van der Waals surface area contributed by atoms with E-state index >= 15 is 0 Å². The highest BCUT2D eigenvalue weighted by Crippen LogP contribution is 2.52. The largest absolute Gasteiger partial charge is 0.481 e. The van der Waals surface area contributed by atoms with E-state index in [9.17, 15) is 14.7 Å². The van der Waals surface area contributed by atoms with Gasteiger partial charge in [0.2, 0.25) is 5.91 Å². The van der Waals surface area contributed by atoms with E-state index in [-0.39, 0.29) is 5.91 Å². The maximum absolute atomic E-state index is 13.0. The lowest BCUT2D eigenvalue weighted by Gasteiger charge is -2.36. The van der Waals surface area contributed by atoms with Crippen LogP contribution >= 0.6 is 0 Å². The van der Waals surface area contributed by atoms with E-state index in [2.05, 4.69) is 26.8 Å². The number of carbonyl (C=O) groups excluding carboxylic acids is 1. The predicted molar refractivity (Wildman–Crippen MR) is 88.1 cm³/mol. The van der Waals surface area contributed by atoms with Gasteiger partial charge in [-0.3, -0.25) is 9.59 Å². The third-order valence-electron chi connectivity index (χ3n) is 6.49. The highest BCUT2D eigenvalue weighted by Gasteiger charge is 2.67. The molecule has 2 saturated heterocycles. The van der Waals surface area contributed by atoms with Gasteiger partial charge in [-0.15, -0.1) is 0 Å². The van der Waals surface area contributed by atoms with Crippen LogP contribution in [0.25, 0.3) is 0 Å². The summed E-state index contributed by atoms with van der Waals surface area (Å²) in [6.07, 6.45) is 6.69. The fourth-order valence-electron chi connectivity index (χ4n) is 5.43. The SMILES string of the molecule is CC1=C[C@H](C)[C@H](CN2C[C@]34C=C[C@H](O3)[C@H](C(=O)O)[C@H]4C2=O)[C@H](C)C1. The second-order valence-corrected chi connectivity index (χ2v) is 8.17. The Bertz CT molecular complexity index is 654. The van der Waals surface area contributed by atoms with Gasteiger partial charge in [-0.25, -0.2) is 0 Å². The molecule has 5 heteroatoms. The number of carbonyl (C=O) groups is 2. The Morgan fingerprint density at radius 3 is 2.88 bits per heavy atom. The first-order valence-electron chi connectivity index (χ1n) is 8.88. The molecule has 24 heavy (non-hydrogen) atoms. The molecule has 4 rings (SSSR count). The minimum absolute atomic E-state index is 0.0417. The van der Waals surface area contributed by atoms with Crippen molar-refractivity contribution in [3.8, 4) is 0 Å². The van der Waals surface area contributed by atoms with Crippen molar-refractivity contribution in [1.82, 2.24) is 4.90 Å². The van der Waals surface area contributed by atoms with E-state index in [4.69, 9.17) is 4.74 Å². The zero-order valence-electron chi connectivity index (χ0n) is 14.4. The average molecular weight is 331 g/mol. The van der Waals surface area contributed by atoms with E-state index in [1.807, 2.05) is 17.1 Å². The highest BCUT2D eigenvalue weighted by molar-refractivity contribution is 5.90. The predicted octanol–water partition coefficient (Wildman–Crippen LogP) is 2.09. The highest BCUT2D eigenvalue weighted by atomic mass is 16.5. The molecular formula is C19H25NO4. The monoisotopic (exact) mass is 331 g/mol. The molecule has 5 nitrogen and oxygen atoms in total. The number of carboxylic acid groups (broad SMARTS) is 1. The molecule has 3 aliphatic heterocycles. The Morgan fingerprint density at radius 1 is 1.46 bits per heavy atom. The zero-order valence-corrected chi connectivity index (χ0v) is 14.4. The summed E-state index contributed by atoms with van der Waals surface area (Å²) in [5, 5.41) is 9.53. The van der Waals surface area contributed by atoms with Gasteiger partial charge in [0.05, 0.1) is 18.6 Å². The molecule has 7 atom stereocenters. The number of rotatable bonds is 3. The summed E-state index contributed by atoms with van der Waals surface area (Å²) in [6.45, 7) is 7.82. The molecule has 0 radical (unpaired) electrons.